The first-order valence-corrected chi connectivity index (χ1v) is 8.30. The van der Waals surface area contributed by atoms with Crippen LogP contribution >= 0.6 is 0 Å². The van der Waals surface area contributed by atoms with E-state index in [-0.39, 0.29) is 6.04 Å². The van der Waals surface area contributed by atoms with Gasteiger partial charge in [-0.05, 0) is 37.7 Å². The third kappa shape index (κ3) is 2.86. The van der Waals surface area contributed by atoms with Crippen LogP contribution in [0.3, 0.4) is 0 Å². The van der Waals surface area contributed by atoms with Crippen molar-refractivity contribution in [2.75, 3.05) is 18.6 Å². The summed E-state index contributed by atoms with van der Waals surface area (Å²) in [5.41, 5.74) is 8.60. The van der Waals surface area contributed by atoms with Crippen LogP contribution in [0.1, 0.15) is 57.2 Å². The van der Waals surface area contributed by atoms with E-state index in [2.05, 4.69) is 22.9 Å². The van der Waals surface area contributed by atoms with Crippen LogP contribution < -0.4 is 15.4 Å². The molecular formula is C17H27N3O. The van der Waals surface area contributed by atoms with Crippen LogP contribution in [0.2, 0.25) is 0 Å². The molecule has 2 atom stereocenters. The van der Waals surface area contributed by atoms with Gasteiger partial charge in [0.2, 0.25) is 5.88 Å². The fourth-order valence-corrected chi connectivity index (χ4v) is 3.91. The zero-order chi connectivity index (χ0) is 14.8. The highest BCUT2D eigenvalue weighted by atomic mass is 16.5. The third-order valence-corrected chi connectivity index (χ3v) is 5.11. The summed E-state index contributed by atoms with van der Waals surface area (Å²) in [6.45, 7) is 3.42. The van der Waals surface area contributed by atoms with E-state index >= 15 is 0 Å². The van der Waals surface area contributed by atoms with Crippen molar-refractivity contribution in [2.24, 2.45) is 11.7 Å². The summed E-state index contributed by atoms with van der Waals surface area (Å²) in [5, 5.41) is 0. The van der Waals surface area contributed by atoms with E-state index in [1.807, 2.05) is 6.07 Å². The first kappa shape index (κ1) is 14.6. The number of anilines is 1. The lowest BCUT2D eigenvalue weighted by atomic mass is 9.92. The van der Waals surface area contributed by atoms with Gasteiger partial charge in [0.05, 0.1) is 24.5 Å². The number of hydrogen-bond acceptors (Lipinski definition) is 4. The Morgan fingerprint density at radius 3 is 2.76 bits per heavy atom. The van der Waals surface area contributed by atoms with Crippen molar-refractivity contribution >= 4 is 5.69 Å². The molecule has 1 fully saturated rings. The summed E-state index contributed by atoms with van der Waals surface area (Å²) in [6.07, 6.45) is 7.67. The molecule has 1 aromatic heterocycles. The highest BCUT2D eigenvalue weighted by Gasteiger charge is 2.33. The fourth-order valence-electron chi connectivity index (χ4n) is 3.91. The van der Waals surface area contributed by atoms with Crippen molar-refractivity contribution in [1.29, 1.82) is 0 Å². The molecule has 2 N–H and O–H groups in total. The normalized spacial score (nSPS) is 26.0. The number of nitrogens with zero attached hydrogens (tertiary/aromatic N) is 2. The summed E-state index contributed by atoms with van der Waals surface area (Å²) in [4.78, 5) is 7.19. The molecule has 0 unspecified atom stereocenters. The molecule has 0 amide bonds. The monoisotopic (exact) mass is 289 g/mol. The molecule has 1 aliphatic heterocycles. The van der Waals surface area contributed by atoms with Crippen LogP contribution in [0.25, 0.3) is 0 Å². The van der Waals surface area contributed by atoms with E-state index < -0.39 is 0 Å². The van der Waals surface area contributed by atoms with E-state index in [0.717, 1.165) is 31.0 Å². The van der Waals surface area contributed by atoms with Gasteiger partial charge in [0.1, 0.15) is 0 Å². The molecule has 2 aliphatic rings. The van der Waals surface area contributed by atoms with Gasteiger partial charge in [0.25, 0.3) is 0 Å². The molecule has 4 nitrogen and oxygen atoms in total. The first-order chi connectivity index (χ1) is 10.2. The molecule has 0 saturated heterocycles. The third-order valence-electron chi connectivity index (χ3n) is 5.11. The van der Waals surface area contributed by atoms with Gasteiger partial charge in [-0.3, -0.25) is 0 Å². The molecule has 116 valence electrons. The second-order valence-corrected chi connectivity index (χ2v) is 6.47. The Balaban J connectivity index is 1.90. The van der Waals surface area contributed by atoms with Gasteiger partial charge in [-0.15, -0.1) is 0 Å². The van der Waals surface area contributed by atoms with Crippen LogP contribution in [0.4, 0.5) is 5.69 Å². The maximum Gasteiger partial charge on any atom is 0.213 e. The van der Waals surface area contributed by atoms with E-state index in [1.54, 1.807) is 7.11 Å². The maximum atomic E-state index is 6.36. The zero-order valence-corrected chi connectivity index (χ0v) is 13.2. The quantitative estimate of drug-likeness (QED) is 0.924. The van der Waals surface area contributed by atoms with Gasteiger partial charge >= 0.3 is 0 Å². The Bertz CT molecular complexity index is 485. The predicted molar refractivity (Wildman–Crippen MR) is 85.7 cm³/mol. The molecule has 2 heterocycles. The molecule has 0 aromatic carbocycles. The molecule has 3 rings (SSSR count). The average molecular weight is 289 g/mol. The lowest BCUT2D eigenvalue weighted by Crippen LogP contribution is -2.44. The summed E-state index contributed by atoms with van der Waals surface area (Å²) in [7, 11) is 1.66. The van der Waals surface area contributed by atoms with Crippen molar-refractivity contribution in [3.05, 3.63) is 17.8 Å². The number of ether oxygens (including phenoxy) is 1. The molecule has 4 heteroatoms. The highest BCUT2D eigenvalue weighted by Crippen LogP contribution is 2.38. The Labute approximate surface area is 127 Å². The molecule has 0 radical (unpaired) electrons. The van der Waals surface area contributed by atoms with Gasteiger partial charge < -0.3 is 15.4 Å². The minimum Gasteiger partial charge on any atom is -0.481 e. The largest absolute Gasteiger partial charge is 0.481 e. The number of methoxy groups -OCH3 is 1. The van der Waals surface area contributed by atoms with Gasteiger partial charge in [-0.25, -0.2) is 4.98 Å². The van der Waals surface area contributed by atoms with Crippen molar-refractivity contribution in [2.45, 2.75) is 57.5 Å². The van der Waals surface area contributed by atoms with Gasteiger partial charge in [-0.1, -0.05) is 19.8 Å². The van der Waals surface area contributed by atoms with Crippen LogP contribution in [-0.4, -0.2) is 24.7 Å². The average Bonchev–Trinajstić information content (AvgIpc) is 3.02. The van der Waals surface area contributed by atoms with E-state index in [0.29, 0.717) is 11.9 Å². The number of rotatable bonds is 4. The predicted octanol–water partition coefficient (Wildman–Crippen LogP) is 3.27. The zero-order valence-electron chi connectivity index (χ0n) is 13.2. The standard InChI is InChI=1S/C17H27N3O/c1-3-13-10-14(18)17-15(8-9-16(19-17)21-2)20(13)11-12-6-4-5-7-12/h8-9,12-14H,3-7,10-11,18H2,1-2H3/t13-,14+/m1/s1. The van der Waals surface area contributed by atoms with Crippen LogP contribution in [-0.2, 0) is 0 Å². The van der Waals surface area contributed by atoms with E-state index in [1.165, 1.54) is 31.4 Å². The maximum absolute atomic E-state index is 6.36. The number of nitrogens with two attached hydrogens (primary N) is 1. The second kappa shape index (κ2) is 6.22. The summed E-state index contributed by atoms with van der Waals surface area (Å²) >= 11 is 0. The molecule has 21 heavy (non-hydrogen) atoms. The van der Waals surface area contributed by atoms with Crippen molar-refractivity contribution in [3.8, 4) is 5.88 Å². The molecular weight excluding hydrogens is 262 g/mol. The lowest BCUT2D eigenvalue weighted by Gasteiger charge is -2.41. The Hall–Kier alpha value is -1.29. The second-order valence-electron chi connectivity index (χ2n) is 6.47. The SMILES string of the molecule is CC[C@@H]1C[C@H](N)c2nc(OC)ccc2N1CC1CCCC1. The van der Waals surface area contributed by atoms with Crippen LogP contribution in [0, 0.1) is 5.92 Å². The fraction of sp³-hybridized carbons (Fsp3) is 0.706. The summed E-state index contributed by atoms with van der Waals surface area (Å²) < 4.78 is 5.27. The minimum absolute atomic E-state index is 0.0277. The van der Waals surface area contributed by atoms with E-state index in [9.17, 15) is 0 Å². The van der Waals surface area contributed by atoms with Gasteiger partial charge in [-0.2, -0.15) is 0 Å². The van der Waals surface area contributed by atoms with Crippen LogP contribution in [0.5, 0.6) is 5.88 Å². The number of aromatic nitrogens is 1. The lowest BCUT2D eigenvalue weighted by molar-refractivity contribution is 0.383. The number of pyridine rings is 1. The first-order valence-electron chi connectivity index (χ1n) is 8.30. The summed E-state index contributed by atoms with van der Waals surface area (Å²) in [6, 6.07) is 4.69. The Kier molecular flexibility index (Phi) is 4.34. The topological polar surface area (TPSA) is 51.4 Å². The Morgan fingerprint density at radius 2 is 2.10 bits per heavy atom. The Morgan fingerprint density at radius 1 is 1.33 bits per heavy atom. The smallest absolute Gasteiger partial charge is 0.213 e. The van der Waals surface area contributed by atoms with Crippen molar-refractivity contribution in [1.82, 2.24) is 4.98 Å². The van der Waals surface area contributed by atoms with Crippen molar-refractivity contribution < 1.29 is 4.74 Å². The van der Waals surface area contributed by atoms with Crippen molar-refractivity contribution in [3.63, 3.8) is 0 Å². The minimum atomic E-state index is 0.0277. The molecule has 0 spiro atoms. The number of fused-ring (bicyclic) bond motifs is 1. The molecule has 1 aliphatic carbocycles. The highest BCUT2D eigenvalue weighted by molar-refractivity contribution is 5.56. The summed E-state index contributed by atoms with van der Waals surface area (Å²) in [5.74, 6) is 1.50. The molecule has 1 saturated carbocycles. The van der Waals surface area contributed by atoms with Gasteiger partial charge in [0.15, 0.2) is 0 Å². The molecule has 0 bridgehead atoms. The van der Waals surface area contributed by atoms with Crippen LogP contribution in [0.15, 0.2) is 12.1 Å². The number of hydrogen-bond donors (Lipinski definition) is 1. The van der Waals surface area contributed by atoms with E-state index in [4.69, 9.17) is 10.5 Å². The van der Waals surface area contributed by atoms with Gasteiger partial charge in [0, 0.05) is 18.7 Å². The molecule has 1 aromatic rings.